The molecule has 0 atom stereocenters. The van der Waals surface area contributed by atoms with Crippen molar-refractivity contribution in [2.45, 2.75) is 38.5 Å². The Labute approximate surface area is 305 Å². The monoisotopic (exact) mass is 709 g/mol. The smallest absolute Gasteiger partial charge is 0.209 e. The summed E-state index contributed by atoms with van der Waals surface area (Å²) in [6, 6.07) is 17.4. The van der Waals surface area contributed by atoms with Crippen molar-refractivity contribution in [1.82, 2.24) is 0 Å². The van der Waals surface area contributed by atoms with Crippen LogP contribution in [0.1, 0.15) is 38.8 Å². The predicted octanol–water partition coefficient (Wildman–Crippen LogP) is 5.69. The van der Waals surface area contributed by atoms with Crippen molar-refractivity contribution in [3.05, 3.63) is 83.6 Å². The normalized spacial score (nSPS) is 16.9. The van der Waals surface area contributed by atoms with E-state index in [-0.39, 0.29) is 10.8 Å². The first-order valence-corrected chi connectivity index (χ1v) is 18.3. The maximum atomic E-state index is 6.01. The van der Waals surface area contributed by atoms with Gasteiger partial charge in [0.25, 0.3) is 0 Å². The first-order valence-electron chi connectivity index (χ1n) is 18.3. The van der Waals surface area contributed by atoms with Crippen molar-refractivity contribution in [3.63, 3.8) is 0 Å². The SMILES string of the molecule is COCCOCCOCCOCCN1/C(=C\C=C\C2=[N+](CCOCCOCCOCCOC)c3ccccc3C2(C)C)C(C)(C)c2ccccc21. The van der Waals surface area contributed by atoms with E-state index in [9.17, 15) is 0 Å². The molecular formula is C41H61N2O8+. The highest BCUT2D eigenvalue weighted by Gasteiger charge is 2.44. The fraction of sp³-hybridized carbons (Fsp3) is 0.585. The van der Waals surface area contributed by atoms with Gasteiger partial charge >= 0.3 is 0 Å². The molecule has 0 fully saturated rings. The zero-order chi connectivity index (χ0) is 36.4. The van der Waals surface area contributed by atoms with Gasteiger partial charge in [0.1, 0.15) is 6.61 Å². The van der Waals surface area contributed by atoms with Crippen molar-refractivity contribution in [2.24, 2.45) is 0 Å². The summed E-state index contributed by atoms with van der Waals surface area (Å²) in [5, 5.41) is 0. The van der Waals surface area contributed by atoms with Crippen LogP contribution >= 0.6 is 0 Å². The minimum absolute atomic E-state index is 0.155. The second-order valence-corrected chi connectivity index (χ2v) is 13.5. The summed E-state index contributed by atoms with van der Waals surface area (Å²) >= 11 is 0. The van der Waals surface area contributed by atoms with E-state index in [1.165, 1.54) is 33.9 Å². The van der Waals surface area contributed by atoms with Gasteiger partial charge in [-0.05, 0) is 31.6 Å². The molecule has 0 unspecified atom stereocenters. The first-order chi connectivity index (χ1) is 24.8. The Bertz CT molecular complexity index is 1420. The molecule has 2 aromatic carbocycles. The van der Waals surface area contributed by atoms with E-state index in [4.69, 9.17) is 37.9 Å². The second-order valence-electron chi connectivity index (χ2n) is 13.5. The highest BCUT2D eigenvalue weighted by atomic mass is 16.6. The predicted molar refractivity (Wildman–Crippen MR) is 202 cm³/mol. The summed E-state index contributed by atoms with van der Waals surface area (Å²) in [6.45, 7) is 18.6. The van der Waals surface area contributed by atoms with Gasteiger partial charge < -0.3 is 42.8 Å². The van der Waals surface area contributed by atoms with Gasteiger partial charge in [-0.25, -0.2) is 0 Å². The molecule has 0 N–H and O–H groups in total. The Morgan fingerprint density at radius 1 is 0.569 bits per heavy atom. The molecule has 2 aliphatic rings. The van der Waals surface area contributed by atoms with Crippen LogP contribution in [0.5, 0.6) is 0 Å². The fourth-order valence-electron chi connectivity index (χ4n) is 6.67. The summed E-state index contributed by atoms with van der Waals surface area (Å²) in [5.41, 5.74) is 7.31. The third-order valence-corrected chi connectivity index (χ3v) is 9.38. The minimum Gasteiger partial charge on any atom is -0.382 e. The van der Waals surface area contributed by atoms with Gasteiger partial charge in [0.05, 0.1) is 91.3 Å². The number of nitrogens with zero attached hydrogens (tertiary/aromatic N) is 2. The van der Waals surface area contributed by atoms with Crippen LogP contribution in [0.25, 0.3) is 0 Å². The van der Waals surface area contributed by atoms with E-state index in [0.29, 0.717) is 92.5 Å². The third kappa shape index (κ3) is 11.5. The van der Waals surface area contributed by atoms with Crippen LogP contribution in [0.2, 0.25) is 0 Å². The number of methoxy groups -OCH3 is 2. The molecule has 0 bridgehead atoms. The molecular weight excluding hydrogens is 648 g/mol. The molecule has 51 heavy (non-hydrogen) atoms. The summed E-state index contributed by atoms with van der Waals surface area (Å²) in [6.07, 6.45) is 6.78. The molecule has 282 valence electrons. The van der Waals surface area contributed by atoms with Gasteiger partial charge in [0, 0.05) is 55.3 Å². The number of ether oxygens (including phenoxy) is 8. The minimum atomic E-state index is -0.155. The van der Waals surface area contributed by atoms with E-state index in [1.54, 1.807) is 14.2 Å². The molecule has 0 saturated heterocycles. The van der Waals surface area contributed by atoms with E-state index in [1.807, 2.05) is 0 Å². The van der Waals surface area contributed by atoms with Gasteiger partial charge in [-0.2, -0.15) is 4.58 Å². The number of hydrogen-bond donors (Lipinski definition) is 0. The lowest BCUT2D eigenvalue weighted by atomic mass is 9.81. The summed E-state index contributed by atoms with van der Waals surface area (Å²) in [5.74, 6) is 0. The Hall–Kier alpha value is -2.93. The van der Waals surface area contributed by atoms with Crippen LogP contribution in [0, 0.1) is 0 Å². The summed E-state index contributed by atoms with van der Waals surface area (Å²) < 4.78 is 46.6. The number of para-hydroxylation sites is 2. The van der Waals surface area contributed by atoms with Gasteiger partial charge in [-0.3, -0.25) is 0 Å². The van der Waals surface area contributed by atoms with E-state index < -0.39 is 0 Å². The van der Waals surface area contributed by atoms with Crippen LogP contribution < -0.4 is 4.90 Å². The van der Waals surface area contributed by atoms with E-state index in [0.717, 1.165) is 13.1 Å². The molecule has 0 aliphatic carbocycles. The Kier molecular flexibility index (Phi) is 17.3. The average molecular weight is 710 g/mol. The summed E-state index contributed by atoms with van der Waals surface area (Å²) in [4.78, 5) is 2.41. The van der Waals surface area contributed by atoms with Gasteiger partial charge in [-0.15, -0.1) is 0 Å². The summed E-state index contributed by atoms with van der Waals surface area (Å²) in [7, 11) is 3.33. The lowest BCUT2D eigenvalue weighted by molar-refractivity contribution is -0.442. The maximum Gasteiger partial charge on any atom is 0.209 e. The number of rotatable bonds is 26. The van der Waals surface area contributed by atoms with Crippen molar-refractivity contribution in [1.29, 1.82) is 0 Å². The third-order valence-electron chi connectivity index (χ3n) is 9.38. The first kappa shape index (κ1) is 40.8. The maximum absolute atomic E-state index is 6.01. The number of allylic oxidation sites excluding steroid dienone is 4. The molecule has 2 aliphatic heterocycles. The Morgan fingerprint density at radius 2 is 1.06 bits per heavy atom. The molecule has 10 nitrogen and oxygen atoms in total. The van der Waals surface area contributed by atoms with Crippen molar-refractivity contribution in [3.8, 4) is 0 Å². The number of fused-ring (bicyclic) bond motifs is 2. The van der Waals surface area contributed by atoms with Crippen LogP contribution in [0.3, 0.4) is 0 Å². The molecule has 0 radical (unpaired) electrons. The molecule has 0 aromatic heterocycles. The molecule has 0 spiro atoms. The Balaban J connectivity index is 1.38. The van der Waals surface area contributed by atoms with Gasteiger partial charge in [-0.1, -0.05) is 56.3 Å². The highest BCUT2D eigenvalue weighted by Crippen LogP contribution is 2.47. The topological polar surface area (TPSA) is 80.1 Å². The molecule has 4 rings (SSSR count). The zero-order valence-corrected chi connectivity index (χ0v) is 31.8. The highest BCUT2D eigenvalue weighted by molar-refractivity contribution is 6.03. The van der Waals surface area contributed by atoms with Crippen molar-refractivity contribution in [2.75, 3.05) is 125 Å². The molecule has 2 heterocycles. The number of hydrogen-bond acceptors (Lipinski definition) is 9. The average Bonchev–Trinajstić information content (AvgIpc) is 3.48. The van der Waals surface area contributed by atoms with E-state index in [2.05, 4.69) is 104 Å². The molecule has 0 saturated carbocycles. The lowest BCUT2D eigenvalue weighted by Crippen LogP contribution is -2.30. The molecule has 10 heteroatoms. The van der Waals surface area contributed by atoms with Crippen LogP contribution in [0.4, 0.5) is 11.4 Å². The number of benzene rings is 2. The Morgan fingerprint density at radius 3 is 1.65 bits per heavy atom. The van der Waals surface area contributed by atoms with Crippen LogP contribution in [-0.4, -0.2) is 130 Å². The standard InChI is InChI=1S/C41H61N2O8/c1-40(2)34-12-7-9-14-36(34)42(18-20-46-26-28-50-32-30-48-24-22-44-5)38(40)16-11-17-39-41(3,4)35-13-8-10-15-37(35)43(39)19-21-47-27-29-51-33-31-49-25-23-45-6/h7-17H,18-33H2,1-6H3/q+1. The molecule has 2 aromatic rings. The van der Waals surface area contributed by atoms with Crippen molar-refractivity contribution >= 4 is 17.1 Å². The van der Waals surface area contributed by atoms with Crippen molar-refractivity contribution < 1.29 is 42.5 Å². The number of anilines is 1. The van der Waals surface area contributed by atoms with Crippen LogP contribution in [0.15, 0.2) is 72.5 Å². The molecule has 0 amide bonds. The zero-order valence-electron chi connectivity index (χ0n) is 31.8. The fourth-order valence-corrected chi connectivity index (χ4v) is 6.67. The van der Waals surface area contributed by atoms with Crippen LogP contribution in [-0.2, 0) is 48.7 Å². The second kappa shape index (κ2) is 21.6. The largest absolute Gasteiger partial charge is 0.382 e. The van der Waals surface area contributed by atoms with Gasteiger partial charge in [0.15, 0.2) is 12.3 Å². The van der Waals surface area contributed by atoms with E-state index >= 15 is 0 Å². The van der Waals surface area contributed by atoms with Gasteiger partial charge in [0.2, 0.25) is 5.69 Å². The quantitative estimate of drug-likeness (QED) is 0.0905. The lowest BCUT2D eigenvalue weighted by Gasteiger charge is -2.27.